The van der Waals surface area contributed by atoms with Gasteiger partial charge in [-0.05, 0) is 53.1 Å². The van der Waals surface area contributed by atoms with Crippen LogP contribution in [0.2, 0.25) is 0 Å². The van der Waals surface area contributed by atoms with Gasteiger partial charge >= 0.3 is 0 Å². The van der Waals surface area contributed by atoms with Crippen molar-refractivity contribution in [2.45, 2.75) is 51.6 Å². The van der Waals surface area contributed by atoms with Crippen LogP contribution >= 0.6 is 0 Å². The van der Waals surface area contributed by atoms with E-state index in [1.54, 1.807) is 0 Å². The lowest BCUT2D eigenvalue weighted by Crippen LogP contribution is -2.44. The van der Waals surface area contributed by atoms with Crippen molar-refractivity contribution < 1.29 is 0 Å². The first-order valence-electron chi connectivity index (χ1n) is 5.91. The molecule has 1 rings (SSSR count). The van der Waals surface area contributed by atoms with Crippen molar-refractivity contribution in [3.05, 3.63) is 0 Å². The summed E-state index contributed by atoms with van der Waals surface area (Å²) in [4.78, 5) is 2.45. The Labute approximate surface area is 93.5 Å². The average Bonchev–Trinajstić information content (AvgIpc) is 2.62. The van der Waals surface area contributed by atoms with Crippen LogP contribution in [0.5, 0.6) is 0 Å². The number of nitrogens with zero attached hydrogens (tertiary/aromatic N) is 2. The van der Waals surface area contributed by atoms with E-state index in [2.05, 4.69) is 37.1 Å². The van der Waals surface area contributed by atoms with Crippen molar-refractivity contribution in [3.63, 3.8) is 0 Å². The molecule has 0 aliphatic carbocycles. The molecule has 1 heterocycles. The summed E-state index contributed by atoms with van der Waals surface area (Å²) in [7, 11) is 0. The zero-order valence-electron chi connectivity index (χ0n) is 10.2. The van der Waals surface area contributed by atoms with E-state index in [0.29, 0.717) is 0 Å². The molecule has 0 amide bonds. The first kappa shape index (κ1) is 12.5. The van der Waals surface area contributed by atoms with Crippen LogP contribution in [0.4, 0.5) is 0 Å². The monoisotopic (exact) mass is 209 g/mol. The van der Waals surface area contributed by atoms with Crippen LogP contribution in [0, 0.1) is 11.3 Å². The topological polar surface area (TPSA) is 39.1 Å². The Morgan fingerprint density at radius 2 is 1.93 bits per heavy atom. The summed E-state index contributed by atoms with van der Waals surface area (Å²) in [6.45, 7) is 9.80. The van der Waals surface area contributed by atoms with Gasteiger partial charge in [0.25, 0.3) is 0 Å². The first-order chi connectivity index (χ1) is 7.01. The molecule has 1 fully saturated rings. The Kier molecular flexibility index (Phi) is 4.56. The minimum atomic E-state index is -0.00870. The maximum absolute atomic E-state index is 9.03. The normalized spacial score (nSPS) is 20.1. The lowest BCUT2D eigenvalue weighted by Gasteiger charge is -2.25. The summed E-state index contributed by atoms with van der Waals surface area (Å²) in [6.07, 6.45) is 3.58. The van der Waals surface area contributed by atoms with Gasteiger partial charge in [-0.1, -0.05) is 0 Å². The molecule has 0 bridgehead atoms. The minimum Gasteiger partial charge on any atom is -0.303 e. The predicted molar refractivity (Wildman–Crippen MR) is 62.6 cm³/mol. The molecule has 1 aliphatic rings. The van der Waals surface area contributed by atoms with Crippen molar-refractivity contribution in [2.75, 3.05) is 19.6 Å². The summed E-state index contributed by atoms with van der Waals surface area (Å²) >= 11 is 0. The maximum atomic E-state index is 9.03. The van der Waals surface area contributed by atoms with Gasteiger partial charge in [0.15, 0.2) is 0 Å². The third kappa shape index (κ3) is 5.15. The van der Waals surface area contributed by atoms with Gasteiger partial charge in [0.1, 0.15) is 0 Å². The van der Waals surface area contributed by atoms with Crippen molar-refractivity contribution in [3.8, 4) is 6.07 Å². The van der Waals surface area contributed by atoms with E-state index >= 15 is 0 Å². The molecule has 0 saturated carbocycles. The first-order valence-corrected chi connectivity index (χ1v) is 5.91. The average molecular weight is 209 g/mol. The third-order valence-corrected chi connectivity index (χ3v) is 2.70. The van der Waals surface area contributed by atoms with E-state index in [9.17, 15) is 0 Å². The molecule has 15 heavy (non-hydrogen) atoms. The van der Waals surface area contributed by atoms with Crippen molar-refractivity contribution >= 4 is 0 Å². The number of nitrogens with one attached hydrogen (secondary N) is 1. The lowest BCUT2D eigenvalue weighted by molar-refractivity contribution is 0.302. The smallest absolute Gasteiger partial charge is 0.0969 e. The molecule has 1 saturated heterocycles. The Balaban J connectivity index is 2.25. The van der Waals surface area contributed by atoms with Crippen LogP contribution in [0.1, 0.15) is 40.0 Å². The van der Waals surface area contributed by atoms with Gasteiger partial charge in [0.05, 0.1) is 12.1 Å². The highest BCUT2D eigenvalue weighted by Crippen LogP contribution is 2.09. The van der Waals surface area contributed by atoms with Gasteiger partial charge in [0.2, 0.25) is 0 Å². The maximum Gasteiger partial charge on any atom is 0.0969 e. The summed E-state index contributed by atoms with van der Waals surface area (Å²) in [6, 6.07) is 2.34. The number of hydrogen-bond donors (Lipinski definition) is 1. The predicted octanol–water partition coefficient (Wildman–Crippen LogP) is 1.75. The zero-order valence-corrected chi connectivity index (χ0v) is 10.2. The molecule has 0 spiro atoms. The molecular formula is C12H23N3. The van der Waals surface area contributed by atoms with E-state index in [0.717, 1.165) is 13.0 Å². The number of hydrogen-bond acceptors (Lipinski definition) is 3. The van der Waals surface area contributed by atoms with Crippen molar-refractivity contribution in [2.24, 2.45) is 0 Å². The van der Waals surface area contributed by atoms with Gasteiger partial charge in [-0.15, -0.1) is 0 Å². The van der Waals surface area contributed by atoms with Gasteiger partial charge < -0.3 is 4.90 Å². The fraction of sp³-hybridized carbons (Fsp3) is 0.917. The molecular weight excluding hydrogens is 186 g/mol. The second kappa shape index (κ2) is 5.48. The van der Waals surface area contributed by atoms with Crippen LogP contribution in [0.25, 0.3) is 0 Å². The SMILES string of the molecule is CC(C)(C)NC(C#N)CCN1CCCC1. The summed E-state index contributed by atoms with van der Waals surface area (Å²) in [5.41, 5.74) is 0.0331. The third-order valence-electron chi connectivity index (χ3n) is 2.70. The molecule has 86 valence electrons. The highest BCUT2D eigenvalue weighted by molar-refractivity contribution is 4.94. The Bertz CT molecular complexity index is 218. The van der Waals surface area contributed by atoms with E-state index in [4.69, 9.17) is 5.26 Å². The van der Waals surface area contributed by atoms with Gasteiger partial charge in [-0.3, -0.25) is 5.32 Å². The molecule has 1 aliphatic heterocycles. The summed E-state index contributed by atoms with van der Waals surface area (Å²) in [5.74, 6) is 0. The number of nitriles is 1. The van der Waals surface area contributed by atoms with E-state index < -0.39 is 0 Å². The highest BCUT2D eigenvalue weighted by Gasteiger charge is 2.18. The highest BCUT2D eigenvalue weighted by atomic mass is 15.1. The fourth-order valence-corrected chi connectivity index (χ4v) is 2.01. The van der Waals surface area contributed by atoms with Gasteiger partial charge in [-0.2, -0.15) is 5.26 Å². The molecule has 0 aromatic carbocycles. The lowest BCUT2D eigenvalue weighted by atomic mass is 10.1. The molecule has 0 radical (unpaired) electrons. The van der Waals surface area contributed by atoms with Crippen LogP contribution in [-0.2, 0) is 0 Å². The largest absolute Gasteiger partial charge is 0.303 e. The molecule has 0 aromatic heterocycles. The summed E-state index contributed by atoms with van der Waals surface area (Å²) in [5, 5.41) is 12.4. The van der Waals surface area contributed by atoms with Crippen LogP contribution < -0.4 is 5.32 Å². The second-order valence-corrected chi connectivity index (χ2v) is 5.41. The van der Waals surface area contributed by atoms with Crippen molar-refractivity contribution in [1.29, 1.82) is 5.26 Å². The molecule has 1 atom stereocenters. The number of rotatable bonds is 4. The quantitative estimate of drug-likeness (QED) is 0.766. The Morgan fingerprint density at radius 1 is 1.33 bits per heavy atom. The second-order valence-electron chi connectivity index (χ2n) is 5.41. The van der Waals surface area contributed by atoms with E-state index in [-0.39, 0.29) is 11.6 Å². The fourth-order valence-electron chi connectivity index (χ4n) is 2.01. The van der Waals surface area contributed by atoms with Crippen LogP contribution in [0.3, 0.4) is 0 Å². The molecule has 1 N–H and O–H groups in total. The summed E-state index contributed by atoms with van der Waals surface area (Å²) < 4.78 is 0. The van der Waals surface area contributed by atoms with Crippen molar-refractivity contribution in [1.82, 2.24) is 10.2 Å². The van der Waals surface area contributed by atoms with E-state index in [1.807, 2.05) is 0 Å². The zero-order chi connectivity index (χ0) is 11.3. The molecule has 3 heteroatoms. The van der Waals surface area contributed by atoms with Gasteiger partial charge in [-0.25, -0.2) is 0 Å². The minimum absolute atomic E-state index is 0.00870. The van der Waals surface area contributed by atoms with Crippen LogP contribution in [0.15, 0.2) is 0 Å². The number of likely N-dealkylation sites (tertiary alicyclic amines) is 1. The molecule has 3 nitrogen and oxygen atoms in total. The Hall–Kier alpha value is -0.590. The molecule has 0 aromatic rings. The standard InChI is InChI=1S/C12H23N3/c1-12(2,3)14-11(10-13)6-9-15-7-4-5-8-15/h11,14H,4-9H2,1-3H3. The van der Waals surface area contributed by atoms with Crippen LogP contribution in [-0.4, -0.2) is 36.1 Å². The molecule has 1 unspecified atom stereocenters. The van der Waals surface area contributed by atoms with E-state index in [1.165, 1.54) is 25.9 Å². The Morgan fingerprint density at radius 3 is 2.40 bits per heavy atom. The van der Waals surface area contributed by atoms with Gasteiger partial charge in [0, 0.05) is 12.1 Å².